The first-order valence-corrected chi connectivity index (χ1v) is 6.86. The number of nitrogens with zero attached hydrogens (tertiary/aromatic N) is 1. The maximum Gasteiger partial charge on any atom is 0.387 e. The largest absolute Gasteiger partial charge is 0.435 e. The van der Waals surface area contributed by atoms with Crippen molar-refractivity contribution in [2.24, 2.45) is 5.73 Å². The molecule has 7 heteroatoms. The van der Waals surface area contributed by atoms with Crippen molar-refractivity contribution in [2.75, 3.05) is 13.1 Å². The summed E-state index contributed by atoms with van der Waals surface area (Å²) >= 11 is 0. The van der Waals surface area contributed by atoms with Gasteiger partial charge in [-0.1, -0.05) is 12.1 Å². The molecule has 0 bridgehead atoms. The molecule has 0 atom stereocenters. The highest BCUT2D eigenvalue weighted by molar-refractivity contribution is 5.72. The summed E-state index contributed by atoms with van der Waals surface area (Å²) in [6, 6.07) is 6.52. The number of carbonyl (C=O) groups is 1. The van der Waals surface area contributed by atoms with Crippen LogP contribution in [-0.2, 0) is 6.54 Å². The average Bonchev–Trinajstić information content (AvgIpc) is 2.46. The van der Waals surface area contributed by atoms with E-state index < -0.39 is 6.61 Å². The fourth-order valence-electron chi connectivity index (χ4n) is 2.35. The summed E-state index contributed by atoms with van der Waals surface area (Å²) < 4.78 is 28.4. The highest BCUT2D eigenvalue weighted by atomic mass is 19.3. The first-order valence-electron chi connectivity index (χ1n) is 6.86. The van der Waals surface area contributed by atoms with Crippen LogP contribution in [-0.4, -0.2) is 36.7 Å². The predicted octanol–water partition coefficient (Wildman–Crippen LogP) is 1.92. The lowest BCUT2D eigenvalue weighted by Crippen LogP contribution is -2.46. The number of hydrogen-bond donors (Lipinski definition) is 2. The summed E-state index contributed by atoms with van der Waals surface area (Å²) in [5.41, 5.74) is 6.22. The standard InChI is InChI=1S/C14H19F2N3O2/c15-13(16)21-12-3-1-10(2-4-12)9-18-11-5-7-19(8-6-11)14(17)20/h1-4,11,13,18H,5-9H2,(H2,17,20). The van der Waals surface area contributed by atoms with Gasteiger partial charge in [0.15, 0.2) is 0 Å². The molecule has 1 aromatic rings. The summed E-state index contributed by atoms with van der Waals surface area (Å²) in [4.78, 5) is 12.6. The number of ether oxygens (including phenoxy) is 1. The van der Waals surface area contributed by atoms with Gasteiger partial charge in [-0.2, -0.15) is 8.78 Å². The Kier molecular flexibility index (Phi) is 5.32. The number of piperidine rings is 1. The van der Waals surface area contributed by atoms with Crippen molar-refractivity contribution in [1.82, 2.24) is 10.2 Å². The molecule has 21 heavy (non-hydrogen) atoms. The molecule has 5 nitrogen and oxygen atoms in total. The molecule has 116 valence electrons. The van der Waals surface area contributed by atoms with Crippen LogP contribution in [0.15, 0.2) is 24.3 Å². The number of alkyl halides is 2. The first kappa shape index (κ1) is 15.5. The molecular weight excluding hydrogens is 280 g/mol. The maximum absolute atomic E-state index is 12.0. The Morgan fingerprint density at radius 3 is 2.48 bits per heavy atom. The van der Waals surface area contributed by atoms with Gasteiger partial charge in [0.25, 0.3) is 0 Å². The van der Waals surface area contributed by atoms with E-state index in [0.717, 1.165) is 18.4 Å². The van der Waals surface area contributed by atoms with Crippen molar-refractivity contribution in [3.63, 3.8) is 0 Å². The highest BCUT2D eigenvalue weighted by Gasteiger charge is 2.20. The molecule has 1 heterocycles. The monoisotopic (exact) mass is 299 g/mol. The number of benzene rings is 1. The lowest BCUT2D eigenvalue weighted by molar-refractivity contribution is -0.0498. The molecule has 0 radical (unpaired) electrons. The van der Waals surface area contributed by atoms with Gasteiger partial charge < -0.3 is 20.7 Å². The SMILES string of the molecule is NC(=O)N1CCC(NCc2ccc(OC(F)F)cc2)CC1. The second-order valence-electron chi connectivity index (χ2n) is 5.00. The van der Waals surface area contributed by atoms with E-state index in [-0.39, 0.29) is 11.8 Å². The van der Waals surface area contributed by atoms with Crippen molar-refractivity contribution in [1.29, 1.82) is 0 Å². The van der Waals surface area contributed by atoms with Crippen LogP contribution < -0.4 is 15.8 Å². The smallest absolute Gasteiger partial charge is 0.387 e. The normalized spacial score (nSPS) is 16.2. The van der Waals surface area contributed by atoms with Crippen LogP contribution in [0.5, 0.6) is 5.75 Å². The molecule has 1 aliphatic heterocycles. The molecule has 0 spiro atoms. The summed E-state index contributed by atoms with van der Waals surface area (Å²) in [5.74, 6) is 0.156. The van der Waals surface area contributed by atoms with E-state index in [0.29, 0.717) is 25.7 Å². The average molecular weight is 299 g/mol. The molecule has 0 saturated carbocycles. The Morgan fingerprint density at radius 1 is 1.33 bits per heavy atom. The van der Waals surface area contributed by atoms with Gasteiger partial charge in [-0.25, -0.2) is 4.79 Å². The van der Waals surface area contributed by atoms with Gasteiger partial charge in [0.1, 0.15) is 5.75 Å². The Bertz CT molecular complexity index is 460. The van der Waals surface area contributed by atoms with Gasteiger partial charge in [0, 0.05) is 25.7 Å². The molecule has 1 fully saturated rings. The van der Waals surface area contributed by atoms with Crippen LogP contribution in [0.4, 0.5) is 13.6 Å². The Balaban J connectivity index is 1.75. The molecule has 1 saturated heterocycles. The minimum Gasteiger partial charge on any atom is -0.435 e. The number of halogens is 2. The number of nitrogens with two attached hydrogens (primary N) is 1. The third kappa shape index (κ3) is 4.86. The zero-order chi connectivity index (χ0) is 15.2. The van der Waals surface area contributed by atoms with E-state index in [1.807, 2.05) is 0 Å². The van der Waals surface area contributed by atoms with Gasteiger partial charge in [-0.15, -0.1) is 0 Å². The number of nitrogens with one attached hydrogen (secondary N) is 1. The zero-order valence-corrected chi connectivity index (χ0v) is 11.6. The molecule has 0 unspecified atom stereocenters. The molecule has 0 aromatic heterocycles. The Labute approximate surface area is 122 Å². The van der Waals surface area contributed by atoms with Crippen LogP contribution in [0.2, 0.25) is 0 Å². The predicted molar refractivity (Wildman–Crippen MR) is 74.1 cm³/mol. The van der Waals surface area contributed by atoms with E-state index in [4.69, 9.17) is 5.73 Å². The van der Waals surface area contributed by atoms with Crippen LogP contribution in [0.25, 0.3) is 0 Å². The zero-order valence-electron chi connectivity index (χ0n) is 11.6. The van der Waals surface area contributed by atoms with E-state index >= 15 is 0 Å². The molecule has 2 amide bonds. The lowest BCUT2D eigenvalue weighted by Gasteiger charge is -2.31. The lowest BCUT2D eigenvalue weighted by atomic mass is 10.0. The minimum atomic E-state index is -2.80. The van der Waals surface area contributed by atoms with Crippen LogP contribution in [0.1, 0.15) is 18.4 Å². The molecule has 1 aliphatic rings. The summed E-state index contributed by atoms with van der Waals surface area (Å²) in [6.45, 7) is -0.831. The second-order valence-corrected chi connectivity index (χ2v) is 5.00. The molecule has 0 aliphatic carbocycles. The highest BCUT2D eigenvalue weighted by Crippen LogP contribution is 2.16. The number of rotatable bonds is 5. The molecular formula is C14H19F2N3O2. The van der Waals surface area contributed by atoms with Crippen LogP contribution in [0, 0.1) is 0 Å². The number of urea groups is 1. The van der Waals surface area contributed by atoms with Crippen LogP contribution >= 0.6 is 0 Å². The van der Waals surface area contributed by atoms with Gasteiger partial charge in [0.2, 0.25) is 0 Å². The van der Waals surface area contributed by atoms with E-state index in [9.17, 15) is 13.6 Å². The van der Waals surface area contributed by atoms with Crippen LogP contribution in [0.3, 0.4) is 0 Å². The quantitative estimate of drug-likeness (QED) is 0.873. The van der Waals surface area contributed by atoms with Crippen molar-refractivity contribution in [2.45, 2.75) is 32.0 Å². The molecule has 1 aromatic carbocycles. The van der Waals surface area contributed by atoms with Gasteiger partial charge >= 0.3 is 12.6 Å². The fourth-order valence-corrected chi connectivity index (χ4v) is 2.35. The third-order valence-electron chi connectivity index (χ3n) is 3.55. The summed E-state index contributed by atoms with van der Waals surface area (Å²) in [6.07, 6.45) is 1.71. The fraction of sp³-hybridized carbons (Fsp3) is 0.500. The van der Waals surface area contributed by atoms with Gasteiger partial charge in [-0.3, -0.25) is 0 Å². The maximum atomic E-state index is 12.0. The minimum absolute atomic E-state index is 0.156. The van der Waals surface area contributed by atoms with Crippen molar-refractivity contribution in [3.8, 4) is 5.75 Å². The Hall–Kier alpha value is -1.89. The number of likely N-dealkylation sites (tertiary alicyclic amines) is 1. The third-order valence-corrected chi connectivity index (χ3v) is 3.55. The van der Waals surface area contributed by atoms with Crippen molar-refractivity contribution >= 4 is 6.03 Å². The number of primary amides is 1. The number of carbonyl (C=O) groups excluding carboxylic acids is 1. The Morgan fingerprint density at radius 2 is 1.95 bits per heavy atom. The van der Waals surface area contributed by atoms with Gasteiger partial charge in [0.05, 0.1) is 0 Å². The molecule has 2 rings (SSSR count). The van der Waals surface area contributed by atoms with Gasteiger partial charge in [-0.05, 0) is 30.5 Å². The second kappa shape index (κ2) is 7.21. The molecule has 3 N–H and O–H groups in total. The van der Waals surface area contributed by atoms with E-state index in [1.165, 1.54) is 12.1 Å². The first-order chi connectivity index (χ1) is 10.0. The summed E-state index contributed by atoms with van der Waals surface area (Å²) in [7, 11) is 0. The van der Waals surface area contributed by atoms with Crippen molar-refractivity contribution in [3.05, 3.63) is 29.8 Å². The number of amides is 2. The topological polar surface area (TPSA) is 67.6 Å². The van der Waals surface area contributed by atoms with E-state index in [1.54, 1.807) is 17.0 Å². The summed E-state index contributed by atoms with van der Waals surface area (Å²) in [5, 5.41) is 3.39. The van der Waals surface area contributed by atoms with E-state index in [2.05, 4.69) is 10.1 Å². The van der Waals surface area contributed by atoms with Crippen molar-refractivity contribution < 1.29 is 18.3 Å². The number of hydrogen-bond acceptors (Lipinski definition) is 3.